The van der Waals surface area contributed by atoms with E-state index < -0.39 is 22.6 Å². The minimum atomic E-state index is -3.70. The first-order valence-electron chi connectivity index (χ1n) is 6.41. The van der Waals surface area contributed by atoms with E-state index in [1.807, 2.05) is 6.92 Å². The largest absolute Gasteiger partial charge is 0.482 e. The summed E-state index contributed by atoms with van der Waals surface area (Å²) in [7, 11) is -3.70. The van der Waals surface area contributed by atoms with Crippen molar-refractivity contribution in [2.24, 2.45) is 0 Å². The van der Waals surface area contributed by atoms with Crippen molar-refractivity contribution in [3.63, 3.8) is 0 Å². The number of rotatable bonds is 6. The normalized spacial score (nSPS) is 11.0. The molecule has 0 aliphatic rings. The van der Waals surface area contributed by atoms with Crippen molar-refractivity contribution in [2.45, 2.75) is 11.8 Å². The molecule has 7 heteroatoms. The van der Waals surface area contributed by atoms with Crippen molar-refractivity contribution in [2.75, 3.05) is 11.3 Å². The zero-order valence-electron chi connectivity index (χ0n) is 11.8. The molecule has 22 heavy (non-hydrogen) atoms. The van der Waals surface area contributed by atoms with E-state index >= 15 is 0 Å². The molecule has 116 valence electrons. The highest BCUT2D eigenvalue weighted by molar-refractivity contribution is 7.92. The standard InChI is InChI=1S/C15H15NO5S/c1-11-5-7-14(8-6-11)22(19,20)16-12-3-2-4-13(9-12)21-10-15(17)18/h2-9,16H,10H2,1H3,(H,17,18). The van der Waals surface area contributed by atoms with Gasteiger partial charge in [-0.05, 0) is 31.2 Å². The minimum Gasteiger partial charge on any atom is -0.482 e. The average Bonchev–Trinajstić information content (AvgIpc) is 2.45. The van der Waals surface area contributed by atoms with Crippen LogP contribution in [0.2, 0.25) is 0 Å². The van der Waals surface area contributed by atoms with Gasteiger partial charge in [0.1, 0.15) is 5.75 Å². The molecule has 2 aromatic rings. The van der Waals surface area contributed by atoms with Gasteiger partial charge in [0.05, 0.1) is 10.6 Å². The summed E-state index contributed by atoms with van der Waals surface area (Å²) in [6.45, 7) is 1.38. The Hall–Kier alpha value is -2.54. The Morgan fingerprint density at radius 3 is 2.50 bits per heavy atom. The summed E-state index contributed by atoms with van der Waals surface area (Å²) in [5.41, 5.74) is 1.26. The number of hydrogen-bond donors (Lipinski definition) is 2. The van der Waals surface area contributed by atoms with E-state index in [-0.39, 0.29) is 10.6 Å². The molecule has 0 atom stereocenters. The molecule has 0 saturated heterocycles. The number of nitrogens with one attached hydrogen (secondary N) is 1. The number of benzene rings is 2. The van der Waals surface area contributed by atoms with Crippen LogP contribution in [0, 0.1) is 6.92 Å². The van der Waals surface area contributed by atoms with Crippen molar-refractivity contribution in [3.05, 3.63) is 54.1 Å². The molecule has 0 fully saturated rings. The Labute approximate surface area is 128 Å². The number of carbonyl (C=O) groups is 1. The Balaban J connectivity index is 2.17. The van der Waals surface area contributed by atoms with E-state index in [4.69, 9.17) is 9.84 Å². The molecule has 0 spiro atoms. The van der Waals surface area contributed by atoms with Gasteiger partial charge in [-0.15, -0.1) is 0 Å². The molecule has 2 rings (SSSR count). The van der Waals surface area contributed by atoms with Gasteiger partial charge >= 0.3 is 5.97 Å². The lowest BCUT2D eigenvalue weighted by molar-refractivity contribution is -0.139. The zero-order valence-corrected chi connectivity index (χ0v) is 12.6. The monoisotopic (exact) mass is 321 g/mol. The maximum atomic E-state index is 12.2. The smallest absolute Gasteiger partial charge is 0.341 e. The van der Waals surface area contributed by atoms with Gasteiger partial charge < -0.3 is 9.84 Å². The van der Waals surface area contributed by atoms with Gasteiger partial charge in [-0.3, -0.25) is 4.72 Å². The number of anilines is 1. The summed E-state index contributed by atoms with van der Waals surface area (Å²) in [4.78, 5) is 10.6. The average molecular weight is 321 g/mol. The molecule has 0 heterocycles. The summed E-state index contributed by atoms with van der Waals surface area (Å²) in [6.07, 6.45) is 0. The first-order valence-corrected chi connectivity index (χ1v) is 7.89. The third-order valence-corrected chi connectivity index (χ3v) is 4.18. The van der Waals surface area contributed by atoms with Gasteiger partial charge in [0, 0.05) is 6.07 Å². The highest BCUT2D eigenvalue weighted by atomic mass is 32.2. The Bertz CT molecular complexity index is 769. The molecule has 0 unspecified atom stereocenters. The van der Waals surface area contributed by atoms with Crippen LogP contribution in [0.15, 0.2) is 53.4 Å². The molecule has 6 nitrogen and oxygen atoms in total. The van der Waals surface area contributed by atoms with E-state index in [9.17, 15) is 13.2 Å². The van der Waals surface area contributed by atoms with Gasteiger partial charge in [0.25, 0.3) is 10.0 Å². The lowest BCUT2D eigenvalue weighted by Crippen LogP contribution is -2.13. The van der Waals surface area contributed by atoms with Gasteiger partial charge in [-0.25, -0.2) is 13.2 Å². The van der Waals surface area contributed by atoms with Gasteiger partial charge in [-0.2, -0.15) is 0 Å². The lowest BCUT2D eigenvalue weighted by Gasteiger charge is -2.10. The molecule has 0 aromatic heterocycles. The van der Waals surface area contributed by atoms with Crippen LogP contribution < -0.4 is 9.46 Å². The number of carboxylic acid groups (broad SMARTS) is 1. The second-order valence-electron chi connectivity index (χ2n) is 4.63. The Morgan fingerprint density at radius 2 is 1.86 bits per heavy atom. The first-order chi connectivity index (χ1) is 10.4. The number of sulfonamides is 1. The summed E-state index contributed by atoms with van der Waals surface area (Å²) in [5, 5.41) is 8.57. The molecular weight excluding hydrogens is 306 g/mol. The summed E-state index contributed by atoms with van der Waals surface area (Å²) >= 11 is 0. The van der Waals surface area contributed by atoms with Crippen LogP contribution in [-0.4, -0.2) is 26.1 Å². The van der Waals surface area contributed by atoms with Gasteiger partial charge in [0.2, 0.25) is 0 Å². The molecule has 0 aliphatic heterocycles. The van der Waals surface area contributed by atoms with E-state index in [0.717, 1.165) is 5.56 Å². The first kappa shape index (κ1) is 15.8. The quantitative estimate of drug-likeness (QED) is 0.851. The van der Waals surface area contributed by atoms with Crippen LogP contribution in [-0.2, 0) is 14.8 Å². The maximum Gasteiger partial charge on any atom is 0.341 e. The fraction of sp³-hybridized carbons (Fsp3) is 0.133. The number of carboxylic acids is 1. The van der Waals surface area contributed by atoms with Crippen LogP contribution >= 0.6 is 0 Å². The van der Waals surface area contributed by atoms with Crippen molar-refractivity contribution in [1.29, 1.82) is 0 Å². The van der Waals surface area contributed by atoms with E-state index in [0.29, 0.717) is 5.69 Å². The predicted octanol–water partition coefficient (Wildman–Crippen LogP) is 2.26. The summed E-state index contributed by atoms with van der Waals surface area (Å²) in [5.74, 6) is -0.836. The zero-order chi connectivity index (χ0) is 16.2. The van der Waals surface area contributed by atoms with Crippen LogP contribution in [0.1, 0.15) is 5.56 Å². The van der Waals surface area contributed by atoms with Crippen molar-refractivity contribution < 1.29 is 23.1 Å². The number of ether oxygens (including phenoxy) is 1. The second-order valence-corrected chi connectivity index (χ2v) is 6.31. The lowest BCUT2D eigenvalue weighted by atomic mass is 10.2. The van der Waals surface area contributed by atoms with Crippen LogP contribution in [0.4, 0.5) is 5.69 Å². The molecule has 2 N–H and O–H groups in total. The third-order valence-electron chi connectivity index (χ3n) is 2.78. The number of aliphatic carboxylic acids is 1. The second kappa shape index (κ2) is 6.48. The van der Waals surface area contributed by atoms with E-state index in [2.05, 4.69) is 4.72 Å². The maximum absolute atomic E-state index is 12.2. The van der Waals surface area contributed by atoms with E-state index in [1.165, 1.54) is 18.2 Å². The van der Waals surface area contributed by atoms with Crippen LogP contribution in [0.3, 0.4) is 0 Å². The van der Waals surface area contributed by atoms with Gasteiger partial charge in [-0.1, -0.05) is 23.8 Å². The van der Waals surface area contributed by atoms with Crippen LogP contribution in [0.25, 0.3) is 0 Å². The van der Waals surface area contributed by atoms with Crippen LogP contribution in [0.5, 0.6) is 5.75 Å². The SMILES string of the molecule is Cc1ccc(S(=O)(=O)Nc2cccc(OCC(=O)O)c2)cc1. The highest BCUT2D eigenvalue weighted by Gasteiger charge is 2.14. The molecule has 0 radical (unpaired) electrons. The predicted molar refractivity (Wildman–Crippen MR) is 81.6 cm³/mol. The molecule has 0 amide bonds. The number of hydrogen-bond acceptors (Lipinski definition) is 4. The molecule has 0 saturated carbocycles. The molecule has 2 aromatic carbocycles. The Morgan fingerprint density at radius 1 is 1.18 bits per heavy atom. The van der Waals surface area contributed by atoms with Crippen molar-refractivity contribution in [1.82, 2.24) is 0 Å². The Kier molecular flexibility index (Phi) is 4.67. The van der Waals surface area contributed by atoms with Crippen molar-refractivity contribution >= 4 is 21.7 Å². The summed E-state index contributed by atoms with van der Waals surface area (Å²) < 4.78 is 31.9. The molecular formula is C15H15NO5S. The van der Waals surface area contributed by atoms with E-state index in [1.54, 1.807) is 30.3 Å². The number of aryl methyl sites for hydroxylation is 1. The highest BCUT2D eigenvalue weighted by Crippen LogP contribution is 2.21. The topological polar surface area (TPSA) is 92.7 Å². The van der Waals surface area contributed by atoms with Crippen molar-refractivity contribution in [3.8, 4) is 5.75 Å². The minimum absolute atomic E-state index is 0.148. The molecule has 0 aliphatic carbocycles. The third kappa shape index (κ3) is 4.23. The summed E-state index contributed by atoms with van der Waals surface area (Å²) in [6, 6.07) is 12.6. The molecule has 0 bridgehead atoms. The van der Waals surface area contributed by atoms with Gasteiger partial charge in [0.15, 0.2) is 6.61 Å². The fourth-order valence-electron chi connectivity index (χ4n) is 1.73. The fourth-order valence-corrected chi connectivity index (χ4v) is 2.78.